The summed E-state index contributed by atoms with van der Waals surface area (Å²) in [6.07, 6.45) is 0.0143. The first-order chi connectivity index (χ1) is 11.6. The van der Waals surface area contributed by atoms with Crippen molar-refractivity contribution in [3.63, 3.8) is 0 Å². The number of nitrogens with one attached hydrogen (secondary N) is 2. The first kappa shape index (κ1) is 14.4. The third-order valence-corrected chi connectivity index (χ3v) is 3.95. The molecule has 0 saturated carbocycles. The van der Waals surface area contributed by atoms with Crippen LogP contribution >= 0.6 is 0 Å². The maximum atomic E-state index is 13.0. The molecule has 120 valence electrons. The van der Waals surface area contributed by atoms with E-state index in [2.05, 4.69) is 15.6 Å². The second-order valence-corrected chi connectivity index (χ2v) is 5.56. The zero-order chi connectivity index (χ0) is 16.7. The van der Waals surface area contributed by atoms with Crippen LogP contribution in [0.3, 0.4) is 0 Å². The zero-order valence-corrected chi connectivity index (χ0v) is 12.5. The molecule has 4 rings (SSSR count). The van der Waals surface area contributed by atoms with Gasteiger partial charge in [0, 0.05) is 5.69 Å². The van der Waals surface area contributed by atoms with Gasteiger partial charge in [0.25, 0.3) is 0 Å². The maximum absolute atomic E-state index is 13.0. The predicted octanol–water partition coefficient (Wildman–Crippen LogP) is 2.70. The third-order valence-electron chi connectivity index (χ3n) is 3.95. The Kier molecular flexibility index (Phi) is 3.26. The Morgan fingerprint density at radius 2 is 1.96 bits per heavy atom. The number of amides is 2. The van der Waals surface area contributed by atoms with Gasteiger partial charge >= 0.3 is 0 Å². The molecule has 3 aromatic rings. The summed E-state index contributed by atoms with van der Waals surface area (Å²) in [5, 5.41) is 5.41. The second kappa shape index (κ2) is 5.45. The number of carbonyl (C=O) groups excluding carboxylic acids is 2. The van der Waals surface area contributed by atoms with Gasteiger partial charge in [0.15, 0.2) is 0 Å². The molecule has 6 nitrogen and oxygen atoms in total. The summed E-state index contributed by atoms with van der Waals surface area (Å²) in [5.41, 5.74) is 1.94. The summed E-state index contributed by atoms with van der Waals surface area (Å²) in [5.74, 6) is -0.641. The summed E-state index contributed by atoms with van der Waals surface area (Å²) in [7, 11) is 0. The summed E-state index contributed by atoms with van der Waals surface area (Å²) in [6, 6.07) is 12.1. The van der Waals surface area contributed by atoms with Crippen LogP contribution in [-0.4, -0.2) is 21.4 Å². The fraction of sp³-hybridized carbons (Fsp3) is 0.118. The minimum absolute atomic E-state index is 0.0143. The molecule has 2 N–H and O–H groups in total. The van der Waals surface area contributed by atoms with E-state index in [1.165, 1.54) is 24.3 Å². The van der Waals surface area contributed by atoms with Crippen LogP contribution in [0, 0.1) is 5.82 Å². The lowest BCUT2D eigenvalue weighted by Gasteiger charge is -2.24. The molecule has 0 fully saturated rings. The number of fused-ring (bicyclic) bond motifs is 3. The average molecular weight is 324 g/mol. The lowest BCUT2D eigenvalue weighted by atomic mass is 10.1. The third kappa shape index (κ3) is 2.40. The highest BCUT2D eigenvalue weighted by Crippen LogP contribution is 2.31. The number of anilines is 2. The molecular formula is C17H13FN4O2. The fourth-order valence-electron chi connectivity index (χ4n) is 2.86. The van der Waals surface area contributed by atoms with Crippen molar-refractivity contribution in [2.24, 2.45) is 0 Å². The maximum Gasteiger partial charge on any atom is 0.248 e. The molecule has 1 unspecified atom stereocenters. The van der Waals surface area contributed by atoms with Gasteiger partial charge in [-0.05, 0) is 36.4 Å². The molecule has 7 heteroatoms. The summed E-state index contributed by atoms with van der Waals surface area (Å²) >= 11 is 0. The Morgan fingerprint density at radius 1 is 1.21 bits per heavy atom. The van der Waals surface area contributed by atoms with Crippen LogP contribution in [0.2, 0.25) is 0 Å². The molecule has 0 radical (unpaired) electrons. The van der Waals surface area contributed by atoms with E-state index in [0.717, 1.165) is 5.52 Å². The van der Waals surface area contributed by atoms with Crippen molar-refractivity contribution in [2.75, 3.05) is 10.6 Å². The quantitative estimate of drug-likeness (QED) is 0.761. The van der Waals surface area contributed by atoms with Gasteiger partial charge in [0.1, 0.15) is 11.9 Å². The van der Waals surface area contributed by atoms with Crippen molar-refractivity contribution in [2.45, 2.75) is 12.5 Å². The summed E-state index contributed by atoms with van der Waals surface area (Å²) < 4.78 is 14.7. The molecular weight excluding hydrogens is 311 g/mol. The minimum atomic E-state index is -0.716. The monoisotopic (exact) mass is 324 g/mol. The molecule has 1 atom stereocenters. The Morgan fingerprint density at radius 3 is 2.75 bits per heavy atom. The number of halogens is 1. The van der Waals surface area contributed by atoms with E-state index in [1.54, 1.807) is 4.57 Å². The van der Waals surface area contributed by atoms with Crippen LogP contribution in [0.5, 0.6) is 0 Å². The summed E-state index contributed by atoms with van der Waals surface area (Å²) in [4.78, 5) is 28.9. The van der Waals surface area contributed by atoms with E-state index >= 15 is 0 Å². The largest absolute Gasteiger partial charge is 0.324 e. The van der Waals surface area contributed by atoms with Crippen LogP contribution in [0.4, 0.5) is 16.0 Å². The van der Waals surface area contributed by atoms with Gasteiger partial charge in [-0.3, -0.25) is 19.5 Å². The number of carbonyl (C=O) groups is 2. The van der Waals surface area contributed by atoms with Gasteiger partial charge in [-0.2, -0.15) is 0 Å². The number of aromatic nitrogens is 2. The molecule has 1 aliphatic heterocycles. The van der Waals surface area contributed by atoms with Crippen molar-refractivity contribution in [1.82, 2.24) is 9.55 Å². The highest BCUT2D eigenvalue weighted by Gasteiger charge is 2.32. The highest BCUT2D eigenvalue weighted by atomic mass is 19.1. The first-order valence-corrected chi connectivity index (χ1v) is 7.45. The number of nitrogens with zero attached hydrogens (tertiary/aromatic N) is 2. The topological polar surface area (TPSA) is 76.0 Å². The van der Waals surface area contributed by atoms with Crippen LogP contribution < -0.4 is 10.6 Å². The fourth-order valence-corrected chi connectivity index (χ4v) is 2.86. The van der Waals surface area contributed by atoms with Gasteiger partial charge in [0.05, 0.1) is 17.5 Å². The molecule has 2 amide bonds. The van der Waals surface area contributed by atoms with E-state index in [-0.39, 0.29) is 24.1 Å². The van der Waals surface area contributed by atoms with Crippen LogP contribution in [-0.2, 0) is 9.59 Å². The van der Waals surface area contributed by atoms with Gasteiger partial charge in [-0.1, -0.05) is 12.1 Å². The van der Waals surface area contributed by atoms with Crippen molar-refractivity contribution >= 4 is 34.5 Å². The van der Waals surface area contributed by atoms with Gasteiger partial charge in [-0.25, -0.2) is 9.37 Å². The van der Waals surface area contributed by atoms with Gasteiger partial charge in [-0.15, -0.1) is 0 Å². The number of benzene rings is 2. The molecule has 1 aromatic heterocycles. The van der Waals surface area contributed by atoms with Gasteiger partial charge in [0.2, 0.25) is 17.8 Å². The zero-order valence-electron chi connectivity index (χ0n) is 12.5. The SMILES string of the molecule is O=C1CC(C(=O)Nc2ccc(F)cc2)n2c(nc3ccccc32)N1. The van der Waals surface area contributed by atoms with E-state index in [0.29, 0.717) is 17.2 Å². The Bertz CT molecular complexity index is 949. The molecule has 1 aliphatic rings. The first-order valence-electron chi connectivity index (χ1n) is 7.45. The Balaban J connectivity index is 1.72. The van der Waals surface area contributed by atoms with E-state index < -0.39 is 6.04 Å². The summed E-state index contributed by atoms with van der Waals surface area (Å²) in [6.45, 7) is 0. The normalized spacial score (nSPS) is 16.5. The number of hydrogen-bond donors (Lipinski definition) is 2. The van der Waals surface area contributed by atoms with E-state index in [1.807, 2.05) is 24.3 Å². The molecule has 24 heavy (non-hydrogen) atoms. The molecule has 0 spiro atoms. The standard InChI is InChI=1S/C17H13FN4O2/c18-10-5-7-11(8-6-10)19-16(24)14-9-15(23)21-17-20-12-3-1-2-4-13(12)22(14)17/h1-8,14H,9H2,(H,19,24)(H,20,21,23). The van der Waals surface area contributed by atoms with Crippen LogP contribution in [0.15, 0.2) is 48.5 Å². The second-order valence-electron chi connectivity index (χ2n) is 5.56. The van der Waals surface area contributed by atoms with Crippen molar-refractivity contribution in [3.05, 3.63) is 54.3 Å². The van der Waals surface area contributed by atoms with Crippen molar-refractivity contribution < 1.29 is 14.0 Å². The van der Waals surface area contributed by atoms with Crippen molar-refractivity contribution in [1.29, 1.82) is 0 Å². The molecule has 2 aromatic carbocycles. The number of para-hydroxylation sites is 2. The van der Waals surface area contributed by atoms with Gasteiger partial charge < -0.3 is 5.32 Å². The number of rotatable bonds is 2. The molecule has 0 aliphatic carbocycles. The van der Waals surface area contributed by atoms with E-state index in [9.17, 15) is 14.0 Å². The molecule has 2 heterocycles. The highest BCUT2D eigenvalue weighted by molar-refractivity contribution is 6.02. The smallest absolute Gasteiger partial charge is 0.248 e. The lowest BCUT2D eigenvalue weighted by molar-refractivity contribution is -0.124. The number of hydrogen-bond acceptors (Lipinski definition) is 3. The number of imidazole rings is 1. The van der Waals surface area contributed by atoms with E-state index in [4.69, 9.17) is 0 Å². The molecule has 0 bridgehead atoms. The predicted molar refractivity (Wildman–Crippen MR) is 87.0 cm³/mol. The van der Waals surface area contributed by atoms with Crippen LogP contribution in [0.1, 0.15) is 12.5 Å². The average Bonchev–Trinajstić information content (AvgIpc) is 2.94. The lowest BCUT2D eigenvalue weighted by Crippen LogP contribution is -2.35. The Labute approximate surface area is 136 Å². The van der Waals surface area contributed by atoms with Crippen LogP contribution in [0.25, 0.3) is 11.0 Å². The van der Waals surface area contributed by atoms with Crippen molar-refractivity contribution in [3.8, 4) is 0 Å². The minimum Gasteiger partial charge on any atom is -0.324 e. The molecule has 0 saturated heterocycles. The Hall–Kier alpha value is -3.22.